The lowest BCUT2D eigenvalue weighted by atomic mass is 10.1. The van der Waals surface area contributed by atoms with Gasteiger partial charge in [0.05, 0.1) is 12.7 Å². The summed E-state index contributed by atoms with van der Waals surface area (Å²) < 4.78 is 4.61. The Morgan fingerprint density at radius 2 is 1.78 bits per heavy atom. The zero-order valence-corrected chi connectivity index (χ0v) is 4.90. The summed E-state index contributed by atoms with van der Waals surface area (Å²) in [6, 6.07) is 0. The SMILES string of the molecule is OC1C[C@H](O)C(O)CO1. The van der Waals surface area contributed by atoms with Crippen LogP contribution in [-0.2, 0) is 4.74 Å². The molecule has 0 radical (unpaired) electrons. The van der Waals surface area contributed by atoms with E-state index in [0.29, 0.717) is 0 Å². The first-order valence-electron chi connectivity index (χ1n) is 2.86. The first-order chi connectivity index (χ1) is 4.20. The van der Waals surface area contributed by atoms with Crippen molar-refractivity contribution in [3.8, 4) is 0 Å². The number of rotatable bonds is 0. The first kappa shape index (κ1) is 6.95. The van der Waals surface area contributed by atoms with Crippen LogP contribution in [0.3, 0.4) is 0 Å². The molecule has 3 N–H and O–H groups in total. The van der Waals surface area contributed by atoms with Gasteiger partial charge in [-0.05, 0) is 0 Å². The molecule has 1 saturated heterocycles. The van der Waals surface area contributed by atoms with Crippen LogP contribution in [0.4, 0.5) is 0 Å². The van der Waals surface area contributed by atoms with Gasteiger partial charge < -0.3 is 20.1 Å². The zero-order chi connectivity index (χ0) is 6.85. The van der Waals surface area contributed by atoms with Crippen LogP contribution in [0.1, 0.15) is 6.42 Å². The van der Waals surface area contributed by atoms with Crippen molar-refractivity contribution in [2.24, 2.45) is 0 Å². The largest absolute Gasteiger partial charge is 0.390 e. The van der Waals surface area contributed by atoms with Gasteiger partial charge in [0.25, 0.3) is 0 Å². The molecule has 4 heteroatoms. The van der Waals surface area contributed by atoms with E-state index in [4.69, 9.17) is 15.3 Å². The molecule has 0 aromatic heterocycles. The average Bonchev–Trinajstić information content (AvgIpc) is 1.80. The molecule has 1 rings (SSSR count). The molecule has 0 aromatic rings. The van der Waals surface area contributed by atoms with Gasteiger partial charge in [0.2, 0.25) is 0 Å². The van der Waals surface area contributed by atoms with Gasteiger partial charge in [0, 0.05) is 6.42 Å². The summed E-state index contributed by atoms with van der Waals surface area (Å²) in [5.41, 5.74) is 0. The van der Waals surface area contributed by atoms with E-state index in [1.807, 2.05) is 0 Å². The Morgan fingerprint density at radius 3 is 2.22 bits per heavy atom. The maximum atomic E-state index is 8.86. The molecular weight excluding hydrogens is 124 g/mol. The maximum absolute atomic E-state index is 8.86. The number of hydrogen-bond donors (Lipinski definition) is 3. The minimum absolute atomic E-state index is 0.0162. The van der Waals surface area contributed by atoms with Crippen LogP contribution in [0.2, 0.25) is 0 Å². The summed E-state index contributed by atoms with van der Waals surface area (Å²) in [5, 5.41) is 26.4. The molecule has 1 aliphatic rings. The van der Waals surface area contributed by atoms with Crippen LogP contribution in [-0.4, -0.2) is 40.4 Å². The van der Waals surface area contributed by atoms with Crippen LogP contribution in [0.25, 0.3) is 0 Å². The summed E-state index contributed by atoms with van der Waals surface area (Å²) in [6.07, 6.45) is -2.49. The number of aliphatic hydroxyl groups is 3. The van der Waals surface area contributed by atoms with Crippen LogP contribution >= 0.6 is 0 Å². The molecule has 0 saturated carbocycles. The fourth-order valence-electron chi connectivity index (χ4n) is 0.752. The summed E-state index contributed by atoms with van der Waals surface area (Å²) in [4.78, 5) is 0. The van der Waals surface area contributed by atoms with Crippen molar-refractivity contribution in [2.45, 2.75) is 24.9 Å². The molecule has 9 heavy (non-hydrogen) atoms. The van der Waals surface area contributed by atoms with E-state index in [1.54, 1.807) is 0 Å². The Balaban J connectivity index is 2.35. The lowest BCUT2D eigenvalue weighted by Crippen LogP contribution is -2.40. The van der Waals surface area contributed by atoms with E-state index in [1.165, 1.54) is 0 Å². The Hall–Kier alpha value is -0.160. The van der Waals surface area contributed by atoms with Gasteiger partial charge >= 0.3 is 0 Å². The molecule has 2 unspecified atom stereocenters. The fraction of sp³-hybridized carbons (Fsp3) is 1.00. The van der Waals surface area contributed by atoms with Gasteiger partial charge in [-0.25, -0.2) is 0 Å². The average molecular weight is 134 g/mol. The predicted octanol–water partition coefficient (Wildman–Crippen LogP) is -1.55. The molecule has 54 valence electrons. The van der Waals surface area contributed by atoms with Gasteiger partial charge in [-0.2, -0.15) is 0 Å². The van der Waals surface area contributed by atoms with Crippen LogP contribution in [0, 0.1) is 0 Å². The summed E-state index contributed by atoms with van der Waals surface area (Å²) in [6.45, 7) is 0.0162. The van der Waals surface area contributed by atoms with Crippen LogP contribution < -0.4 is 0 Å². The summed E-state index contributed by atoms with van der Waals surface area (Å²) >= 11 is 0. The molecule has 0 bridgehead atoms. The Kier molecular flexibility index (Phi) is 2.02. The van der Waals surface area contributed by atoms with E-state index in [2.05, 4.69) is 4.74 Å². The van der Waals surface area contributed by atoms with E-state index >= 15 is 0 Å². The van der Waals surface area contributed by atoms with E-state index < -0.39 is 18.5 Å². The highest BCUT2D eigenvalue weighted by atomic mass is 16.6. The number of ether oxygens (including phenoxy) is 1. The molecule has 0 spiro atoms. The molecule has 1 aliphatic heterocycles. The lowest BCUT2D eigenvalue weighted by Gasteiger charge is -2.26. The molecule has 0 aromatic carbocycles. The highest BCUT2D eigenvalue weighted by molar-refractivity contribution is 4.72. The van der Waals surface area contributed by atoms with Gasteiger partial charge in [-0.1, -0.05) is 0 Å². The minimum Gasteiger partial charge on any atom is -0.390 e. The highest BCUT2D eigenvalue weighted by Crippen LogP contribution is 2.11. The van der Waals surface area contributed by atoms with Crippen molar-refractivity contribution in [3.05, 3.63) is 0 Å². The normalized spacial score (nSPS) is 45.0. The second-order valence-corrected chi connectivity index (χ2v) is 2.16. The second kappa shape index (κ2) is 2.62. The summed E-state index contributed by atoms with van der Waals surface area (Å²) in [7, 11) is 0. The molecule has 0 amide bonds. The molecule has 0 aliphatic carbocycles. The van der Waals surface area contributed by atoms with Gasteiger partial charge in [0.1, 0.15) is 6.10 Å². The van der Waals surface area contributed by atoms with Gasteiger partial charge in [-0.15, -0.1) is 0 Å². The van der Waals surface area contributed by atoms with Crippen molar-refractivity contribution in [2.75, 3.05) is 6.61 Å². The van der Waals surface area contributed by atoms with Crippen LogP contribution in [0.5, 0.6) is 0 Å². The van der Waals surface area contributed by atoms with Crippen molar-refractivity contribution < 1.29 is 20.1 Å². The van der Waals surface area contributed by atoms with Crippen molar-refractivity contribution in [3.63, 3.8) is 0 Å². The topological polar surface area (TPSA) is 69.9 Å². The third-order valence-electron chi connectivity index (χ3n) is 1.35. The summed E-state index contributed by atoms with van der Waals surface area (Å²) in [5.74, 6) is 0. The minimum atomic E-state index is -0.914. The number of aliphatic hydroxyl groups excluding tert-OH is 3. The van der Waals surface area contributed by atoms with Crippen molar-refractivity contribution in [1.82, 2.24) is 0 Å². The molecular formula is C5H10O4. The Morgan fingerprint density at radius 1 is 1.11 bits per heavy atom. The molecule has 1 fully saturated rings. The third kappa shape index (κ3) is 1.62. The molecule has 3 atom stereocenters. The smallest absolute Gasteiger partial charge is 0.157 e. The van der Waals surface area contributed by atoms with Crippen molar-refractivity contribution >= 4 is 0 Å². The van der Waals surface area contributed by atoms with E-state index in [-0.39, 0.29) is 13.0 Å². The Bertz CT molecular complexity index is 95.0. The standard InChI is InChI=1S/C5H10O4/c6-3-1-5(8)9-2-4(3)7/h3-8H,1-2H2/t3-,4?,5?/m0/s1. The second-order valence-electron chi connectivity index (χ2n) is 2.16. The highest BCUT2D eigenvalue weighted by Gasteiger charge is 2.26. The lowest BCUT2D eigenvalue weighted by molar-refractivity contribution is -0.193. The first-order valence-corrected chi connectivity index (χ1v) is 2.86. The number of hydrogen-bond acceptors (Lipinski definition) is 4. The predicted molar refractivity (Wildman–Crippen MR) is 28.6 cm³/mol. The third-order valence-corrected chi connectivity index (χ3v) is 1.35. The van der Waals surface area contributed by atoms with Crippen molar-refractivity contribution in [1.29, 1.82) is 0 Å². The van der Waals surface area contributed by atoms with E-state index in [0.717, 1.165) is 0 Å². The zero-order valence-electron chi connectivity index (χ0n) is 4.90. The molecule has 4 nitrogen and oxygen atoms in total. The van der Waals surface area contributed by atoms with Crippen LogP contribution in [0.15, 0.2) is 0 Å². The van der Waals surface area contributed by atoms with E-state index in [9.17, 15) is 0 Å². The monoisotopic (exact) mass is 134 g/mol. The van der Waals surface area contributed by atoms with Gasteiger partial charge in [0.15, 0.2) is 6.29 Å². The quantitative estimate of drug-likeness (QED) is 0.375. The van der Waals surface area contributed by atoms with Gasteiger partial charge in [-0.3, -0.25) is 0 Å². The fourth-order valence-corrected chi connectivity index (χ4v) is 0.752. The molecule has 1 heterocycles. The maximum Gasteiger partial charge on any atom is 0.157 e. The Labute approximate surface area is 52.7 Å².